The molecule has 1 aliphatic heterocycles. The van der Waals surface area contributed by atoms with Crippen molar-refractivity contribution >= 4 is 5.69 Å². The van der Waals surface area contributed by atoms with Crippen molar-refractivity contribution in [2.45, 2.75) is 51.5 Å². The lowest BCUT2D eigenvalue weighted by Crippen LogP contribution is -2.51. The van der Waals surface area contributed by atoms with Crippen LogP contribution in [0.2, 0.25) is 0 Å². The molecule has 1 aromatic heterocycles. The van der Waals surface area contributed by atoms with Gasteiger partial charge in [-0.3, -0.25) is 0 Å². The number of nitrogens with zero attached hydrogens (tertiary/aromatic N) is 2. The number of hydrogen-bond donors (Lipinski definition) is 1. The van der Waals surface area contributed by atoms with E-state index in [-0.39, 0.29) is 5.41 Å². The minimum absolute atomic E-state index is 0.0284. The number of aromatic nitrogens is 2. The van der Waals surface area contributed by atoms with E-state index in [0.29, 0.717) is 17.9 Å². The fourth-order valence-corrected chi connectivity index (χ4v) is 4.84. The Kier molecular flexibility index (Phi) is 5.05. The van der Waals surface area contributed by atoms with Gasteiger partial charge in [-0.15, -0.1) is 0 Å². The molecule has 0 unspecified atom stereocenters. The van der Waals surface area contributed by atoms with Crippen LogP contribution < -0.4 is 5.32 Å². The van der Waals surface area contributed by atoms with Crippen molar-refractivity contribution in [3.05, 3.63) is 89.0 Å². The molecular weight excluding hydrogens is 382 g/mol. The largest absolute Gasteiger partial charge is 0.380 e. The van der Waals surface area contributed by atoms with Crippen LogP contribution in [-0.2, 0) is 16.7 Å². The maximum Gasteiger partial charge on any atom is 0.131 e. The zero-order valence-electron chi connectivity index (χ0n) is 18.7. The van der Waals surface area contributed by atoms with Gasteiger partial charge in [-0.2, -0.15) is 0 Å². The Bertz CT molecular complexity index is 1040. The van der Waals surface area contributed by atoms with E-state index < -0.39 is 0 Å². The second-order valence-electron chi connectivity index (χ2n) is 9.93. The Morgan fingerprint density at radius 2 is 1.61 bits per heavy atom. The van der Waals surface area contributed by atoms with Crippen LogP contribution >= 0.6 is 0 Å². The van der Waals surface area contributed by atoms with Crippen LogP contribution in [0.5, 0.6) is 0 Å². The van der Waals surface area contributed by atoms with Gasteiger partial charge in [-0.25, -0.2) is 9.97 Å². The number of aryl methyl sites for hydroxylation is 1. The monoisotopic (exact) mass is 413 g/mol. The zero-order valence-corrected chi connectivity index (χ0v) is 18.7. The summed E-state index contributed by atoms with van der Waals surface area (Å²) in [4.78, 5) is 9.36. The molecule has 5 rings (SSSR count). The van der Waals surface area contributed by atoms with Crippen LogP contribution in [0.3, 0.4) is 0 Å². The van der Waals surface area contributed by atoms with Crippen molar-refractivity contribution in [2.24, 2.45) is 5.41 Å². The first-order valence-corrected chi connectivity index (χ1v) is 11.2. The van der Waals surface area contributed by atoms with Gasteiger partial charge >= 0.3 is 0 Å². The average Bonchev–Trinajstić information content (AvgIpc) is 2.71. The van der Waals surface area contributed by atoms with Gasteiger partial charge in [-0.05, 0) is 49.1 Å². The topological polar surface area (TPSA) is 47.0 Å². The highest BCUT2D eigenvalue weighted by Gasteiger charge is 2.51. The molecule has 0 bridgehead atoms. The Hall–Kier alpha value is -2.72. The Labute approximate surface area is 185 Å². The van der Waals surface area contributed by atoms with Crippen molar-refractivity contribution in [3.8, 4) is 0 Å². The van der Waals surface area contributed by atoms with Crippen molar-refractivity contribution in [3.63, 3.8) is 0 Å². The molecule has 4 nitrogen and oxygen atoms in total. The van der Waals surface area contributed by atoms with E-state index in [1.54, 1.807) is 0 Å². The summed E-state index contributed by atoms with van der Waals surface area (Å²) in [5.41, 5.74) is 6.50. The van der Waals surface area contributed by atoms with E-state index in [4.69, 9.17) is 9.72 Å². The van der Waals surface area contributed by atoms with Crippen molar-refractivity contribution in [1.29, 1.82) is 0 Å². The van der Waals surface area contributed by atoms with Gasteiger partial charge in [0.1, 0.15) is 5.82 Å². The standard InChI is InChI=1S/C27H31N3O/c1-19-4-6-21(7-5-19)26(2,3)22-8-10-23(11-9-22)29-16-24-12-13-28-25(30-24)20-14-27(15-20)17-31-18-27/h4-13,20,29H,14-18H2,1-3H3. The molecule has 2 heterocycles. The van der Waals surface area contributed by atoms with Gasteiger partial charge in [0.05, 0.1) is 25.5 Å². The fraction of sp³-hybridized carbons (Fsp3) is 0.407. The highest BCUT2D eigenvalue weighted by atomic mass is 16.5. The SMILES string of the molecule is Cc1ccc(C(C)(C)c2ccc(NCc3ccnc(C4CC5(COC5)C4)n3)cc2)cc1. The number of anilines is 1. The van der Waals surface area contributed by atoms with E-state index in [1.807, 2.05) is 12.3 Å². The molecule has 1 saturated carbocycles. The summed E-state index contributed by atoms with van der Waals surface area (Å²) in [7, 11) is 0. The molecule has 1 aliphatic carbocycles. The number of rotatable bonds is 6. The average molecular weight is 414 g/mol. The number of hydrogen-bond acceptors (Lipinski definition) is 4. The minimum Gasteiger partial charge on any atom is -0.380 e. The van der Waals surface area contributed by atoms with Gasteiger partial charge in [0.25, 0.3) is 0 Å². The molecular formula is C27H31N3O. The summed E-state index contributed by atoms with van der Waals surface area (Å²) in [6, 6.07) is 19.6. The molecule has 2 fully saturated rings. The van der Waals surface area contributed by atoms with Crippen LogP contribution in [0.1, 0.15) is 60.8 Å². The number of ether oxygens (including phenoxy) is 1. The summed E-state index contributed by atoms with van der Waals surface area (Å²) in [6.07, 6.45) is 4.24. The predicted octanol–water partition coefficient (Wildman–Crippen LogP) is 5.62. The molecule has 4 heteroatoms. The van der Waals surface area contributed by atoms with E-state index in [1.165, 1.54) is 29.5 Å². The molecule has 1 N–H and O–H groups in total. The first-order valence-electron chi connectivity index (χ1n) is 11.2. The Morgan fingerprint density at radius 1 is 0.968 bits per heavy atom. The van der Waals surface area contributed by atoms with Crippen LogP contribution in [0.25, 0.3) is 0 Å². The molecule has 1 saturated heterocycles. The Balaban J connectivity index is 1.21. The molecule has 0 atom stereocenters. The summed E-state index contributed by atoms with van der Waals surface area (Å²) < 4.78 is 5.38. The quantitative estimate of drug-likeness (QED) is 0.570. The van der Waals surface area contributed by atoms with Crippen LogP contribution in [0.4, 0.5) is 5.69 Å². The van der Waals surface area contributed by atoms with Gasteiger partial charge < -0.3 is 10.1 Å². The molecule has 0 amide bonds. The normalized spacial score (nSPS) is 17.8. The van der Waals surface area contributed by atoms with Crippen molar-refractivity contribution in [2.75, 3.05) is 18.5 Å². The third-order valence-electron chi connectivity index (χ3n) is 7.13. The summed E-state index contributed by atoms with van der Waals surface area (Å²) in [5.74, 6) is 1.49. The number of nitrogens with one attached hydrogen (secondary N) is 1. The van der Waals surface area contributed by atoms with Gasteiger partial charge in [-0.1, -0.05) is 55.8 Å². The Morgan fingerprint density at radius 3 is 2.23 bits per heavy atom. The lowest BCUT2D eigenvalue weighted by atomic mass is 9.60. The van der Waals surface area contributed by atoms with E-state index >= 15 is 0 Å². The maximum absolute atomic E-state index is 5.38. The third kappa shape index (κ3) is 3.97. The van der Waals surface area contributed by atoms with Crippen LogP contribution in [-0.4, -0.2) is 23.2 Å². The van der Waals surface area contributed by atoms with E-state index in [9.17, 15) is 0 Å². The highest BCUT2D eigenvalue weighted by Crippen LogP contribution is 2.54. The summed E-state index contributed by atoms with van der Waals surface area (Å²) >= 11 is 0. The van der Waals surface area contributed by atoms with Crippen LogP contribution in [0.15, 0.2) is 60.8 Å². The second-order valence-corrected chi connectivity index (χ2v) is 9.93. The fourth-order valence-electron chi connectivity index (χ4n) is 4.84. The molecule has 31 heavy (non-hydrogen) atoms. The van der Waals surface area contributed by atoms with Gasteiger partial charge in [0.15, 0.2) is 0 Å². The molecule has 2 aromatic carbocycles. The third-order valence-corrected chi connectivity index (χ3v) is 7.13. The molecule has 160 valence electrons. The van der Waals surface area contributed by atoms with E-state index in [0.717, 1.165) is 30.4 Å². The lowest BCUT2D eigenvalue weighted by molar-refractivity contribution is -0.165. The van der Waals surface area contributed by atoms with E-state index in [2.05, 4.69) is 79.6 Å². The highest BCUT2D eigenvalue weighted by molar-refractivity contribution is 5.48. The van der Waals surface area contributed by atoms with Crippen molar-refractivity contribution in [1.82, 2.24) is 9.97 Å². The number of benzene rings is 2. The molecule has 3 aromatic rings. The van der Waals surface area contributed by atoms with Gasteiger partial charge in [0.2, 0.25) is 0 Å². The molecule has 1 spiro atoms. The van der Waals surface area contributed by atoms with Crippen molar-refractivity contribution < 1.29 is 4.74 Å². The summed E-state index contributed by atoms with van der Waals surface area (Å²) in [6.45, 7) is 9.23. The zero-order chi connectivity index (χ0) is 21.5. The maximum atomic E-state index is 5.38. The van der Waals surface area contributed by atoms with Crippen LogP contribution in [0, 0.1) is 12.3 Å². The second kappa shape index (κ2) is 7.76. The summed E-state index contributed by atoms with van der Waals surface area (Å²) in [5, 5.41) is 3.52. The lowest BCUT2D eigenvalue weighted by Gasteiger charge is -2.52. The molecule has 2 aliphatic rings. The predicted molar refractivity (Wildman–Crippen MR) is 124 cm³/mol. The van der Waals surface area contributed by atoms with Gasteiger partial charge in [0, 0.05) is 28.6 Å². The molecule has 0 radical (unpaired) electrons. The smallest absolute Gasteiger partial charge is 0.131 e. The first-order chi connectivity index (χ1) is 14.9. The first kappa shape index (κ1) is 20.2. The minimum atomic E-state index is -0.0284.